The molecule has 5 rings (SSSR count). The van der Waals surface area contributed by atoms with Crippen molar-refractivity contribution in [2.24, 2.45) is 5.41 Å². The number of aliphatic hydroxyl groups is 1. The number of aryl methyl sites for hydroxylation is 1. The first-order chi connectivity index (χ1) is 18.0. The lowest BCUT2D eigenvalue weighted by Crippen LogP contribution is -2.33. The van der Waals surface area contributed by atoms with Crippen LogP contribution in [0.1, 0.15) is 56.5 Å². The maximum atomic E-state index is 13.4. The van der Waals surface area contributed by atoms with Crippen LogP contribution in [0.25, 0.3) is 22.1 Å². The van der Waals surface area contributed by atoms with Crippen LogP contribution >= 0.6 is 0 Å². The summed E-state index contributed by atoms with van der Waals surface area (Å²) in [5, 5.41) is 10.8. The van der Waals surface area contributed by atoms with Gasteiger partial charge in [-0.05, 0) is 62.6 Å². The van der Waals surface area contributed by atoms with E-state index in [-0.39, 0.29) is 29.6 Å². The average molecular weight is 561 g/mol. The fourth-order valence-electron chi connectivity index (χ4n) is 5.52. The Hall–Kier alpha value is -2.80. The lowest BCUT2D eigenvalue weighted by molar-refractivity contribution is 0.0780. The first kappa shape index (κ1) is 26.8. The number of aromatic nitrogens is 4. The molecule has 0 unspecified atom stereocenters. The summed E-state index contributed by atoms with van der Waals surface area (Å²) in [4.78, 5) is 9.23. The van der Waals surface area contributed by atoms with Crippen LogP contribution in [-0.4, -0.2) is 53.3 Å². The molecule has 0 atom stereocenters. The molecule has 3 aromatic heterocycles. The number of benzene rings is 1. The highest BCUT2D eigenvalue weighted by Crippen LogP contribution is 2.45. The largest absolute Gasteiger partial charge is 0.388 e. The summed E-state index contributed by atoms with van der Waals surface area (Å²) in [7, 11) is -7.40. The minimum absolute atomic E-state index is 0.00251. The summed E-state index contributed by atoms with van der Waals surface area (Å²) in [6.07, 6.45) is 7.91. The maximum absolute atomic E-state index is 13.4. The number of nitrogens with zero attached hydrogens (tertiary/aromatic N) is 4. The van der Waals surface area contributed by atoms with Crippen molar-refractivity contribution in [2.75, 3.05) is 12.9 Å². The highest BCUT2D eigenvalue weighted by Gasteiger charge is 2.37. The van der Waals surface area contributed by atoms with Gasteiger partial charge in [0.25, 0.3) is 20.1 Å². The monoisotopic (exact) mass is 560 g/mol. The molecule has 4 aromatic rings. The van der Waals surface area contributed by atoms with Gasteiger partial charge in [0.2, 0.25) is 0 Å². The Balaban J connectivity index is 1.55. The zero-order valence-corrected chi connectivity index (χ0v) is 23.3. The summed E-state index contributed by atoms with van der Waals surface area (Å²) in [6.45, 7) is 3.82. The van der Waals surface area contributed by atoms with Gasteiger partial charge in [0.1, 0.15) is 17.9 Å². The topological polar surface area (TPSA) is 133 Å². The molecule has 0 radical (unpaired) electrons. The van der Waals surface area contributed by atoms with Crippen LogP contribution < -0.4 is 0 Å². The molecular formula is C26H32N4O6S2. The molecule has 1 saturated carbocycles. The third kappa shape index (κ3) is 4.74. The molecule has 0 saturated heterocycles. The Morgan fingerprint density at radius 3 is 2.39 bits per heavy atom. The van der Waals surface area contributed by atoms with Gasteiger partial charge in [0, 0.05) is 17.6 Å². The fraction of sp³-hybridized carbons (Fsp3) is 0.462. The predicted molar refractivity (Wildman–Crippen MR) is 144 cm³/mol. The van der Waals surface area contributed by atoms with Gasteiger partial charge < -0.3 is 9.67 Å². The van der Waals surface area contributed by atoms with E-state index in [2.05, 4.69) is 9.97 Å². The van der Waals surface area contributed by atoms with Gasteiger partial charge in [0.15, 0.2) is 5.65 Å². The second-order valence-corrected chi connectivity index (χ2v) is 13.7. The molecule has 12 heteroatoms. The normalized spacial score (nSPS) is 20.9. The fourth-order valence-corrected chi connectivity index (χ4v) is 7.29. The second-order valence-electron chi connectivity index (χ2n) is 10.3. The van der Waals surface area contributed by atoms with E-state index in [1.807, 2.05) is 18.4 Å². The first-order valence-electron chi connectivity index (χ1n) is 12.6. The number of rotatable bonds is 8. The third-order valence-electron chi connectivity index (χ3n) is 7.83. The van der Waals surface area contributed by atoms with E-state index in [0.29, 0.717) is 22.4 Å². The van der Waals surface area contributed by atoms with Gasteiger partial charge >= 0.3 is 0 Å². The molecule has 1 aromatic carbocycles. The van der Waals surface area contributed by atoms with Crippen LogP contribution in [0, 0.1) is 12.3 Å². The molecule has 204 valence electrons. The standard InChI is InChI=1S/C26H32N4O6S2/c1-4-26(17-36-37(3,32)33)12-9-19(10-13-26)30-23(16-31)28-22-15-27-25-21(24(22)30)11-14-29(25)38(34,35)20-7-5-18(2)6-8-20/h5-8,11,14-15,19,31H,4,9-10,12-13,16-17H2,1-3H3. The number of hydrogen-bond acceptors (Lipinski definition) is 8. The number of hydrogen-bond donors (Lipinski definition) is 1. The van der Waals surface area contributed by atoms with E-state index in [0.717, 1.165) is 49.4 Å². The van der Waals surface area contributed by atoms with Crippen molar-refractivity contribution in [1.29, 1.82) is 0 Å². The minimum Gasteiger partial charge on any atom is -0.388 e. The Morgan fingerprint density at radius 2 is 1.79 bits per heavy atom. The number of imidazole rings is 1. The van der Waals surface area contributed by atoms with Crippen molar-refractivity contribution >= 4 is 42.2 Å². The van der Waals surface area contributed by atoms with Gasteiger partial charge in [-0.1, -0.05) is 24.6 Å². The maximum Gasteiger partial charge on any atom is 0.269 e. The third-order valence-corrected chi connectivity index (χ3v) is 10.1. The van der Waals surface area contributed by atoms with E-state index < -0.39 is 20.1 Å². The molecule has 3 heterocycles. The van der Waals surface area contributed by atoms with Gasteiger partial charge in [-0.25, -0.2) is 22.4 Å². The van der Waals surface area contributed by atoms with E-state index in [1.54, 1.807) is 36.5 Å². The van der Waals surface area contributed by atoms with Crippen LogP contribution in [0.3, 0.4) is 0 Å². The Kier molecular flexibility index (Phi) is 6.87. The number of fused-ring (bicyclic) bond motifs is 3. The van der Waals surface area contributed by atoms with Gasteiger partial charge in [-0.15, -0.1) is 0 Å². The van der Waals surface area contributed by atoms with Crippen LogP contribution in [0.5, 0.6) is 0 Å². The van der Waals surface area contributed by atoms with Gasteiger partial charge in [0.05, 0.1) is 29.5 Å². The van der Waals surface area contributed by atoms with Crippen molar-refractivity contribution in [2.45, 2.75) is 63.5 Å². The summed E-state index contributed by atoms with van der Waals surface area (Å²) in [5.41, 5.74) is 2.34. The molecule has 10 nitrogen and oxygen atoms in total. The predicted octanol–water partition coefficient (Wildman–Crippen LogP) is 3.91. The highest BCUT2D eigenvalue weighted by atomic mass is 32.2. The minimum atomic E-state index is -3.87. The van der Waals surface area contributed by atoms with E-state index >= 15 is 0 Å². The zero-order chi connectivity index (χ0) is 27.3. The molecule has 0 aliphatic heterocycles. The Morgan fingerprint density at radius 1 is 1.11 bits per heavy atom. The molecule has 38 heavy (non-hydrogen) atoms. The van der Waals surface area contributed by atoms with Crippen molar-refractivity contribution < 1.29 is 26.1 Å². The lowest BCUT2D eigenvalue weighted by Gasteiger charge is -2.40. The quantitative estimate of drug-likeness (QED) is 0.321. The lowest BCUT2D eigenvalue weighted by atomic mass is 9.71. The van der Waals surface area contributed by atoms with Crippen molar-refractivity contribution in [3.05, 3.63) is 54.1 Å². The molecule has 0 bridgehead atoms. The zero-order valence-electron chi connectivity index (χ0n) is 21.7. The number of aliphatic hydroxyl groups excluding tert-OH is 1. The summed E-state index contributed by atoms with van der Waals surface area (Å²) >= 11 is 0. The van der Waals surface area contributed by atoms with Crippen molar-refractivity contribution in [1.82, 2.24) is 18.5 Å². The second kappa shape index (κ2) is 9.74. The number of pyridine rings is 1. The molecule has 0 spiro atoms. The van der Waals surface area contributed by atoms with E-state index in [1.165, 1.54) is 10.2 Å². The van der Waals surface area contributed by atoms with Crippen LogP contribution in [0.4, 0.5) is 0 Å². The molecule has 1 N–H and O–H groups in total. The average Bonchev–Trinajstić information content (AvgIpc) is 3.49. The molecule has 1 aliphatic rings. The van der Waals surface area contributed by atoms with Gasteiger partial charge in [-0.2, -0.15) is 8.42 Å². The van der Waals surface area contributed by atoms with E-state index in [9.17, 15) is 21.9 Å². The Bertz CT molecular complexity index is 1700. The van der Waals surface area contributed by atoms with Gasteiger partial charge in [-0.3, -0.25) is 4.18 Å². The van der Waals surface area contributed by atoms with Crippen LogP contribution in [0.2, 0.25) is 0 Å². The van der Waals surface area contributed by atoms with Crippen LogP contribution in [-0.2, 0) is 30.9 Å². The van der Waals surface area contributed by atoms with Crippen molar-refractivity contribution in [3.63, 3.8) is 0 Å². The smallest absolute Gasteiger partial charge is 0.269 e. The summed E-state index contributed by atoms with van der Waals surface area (Å²) in [6, 6.07) is 8.41. The molecule has 0 amide bonds. The van der Waals surface area contributed by atoms with Crippen molar-refractivity contribution in [3.8, 4) is 0 Å². The molecular weight excluding hydrogens is 528 g/mol. The molecule has 1 aliphatic carbocycles. The highest BCUT2D eigenvalue weighted by molar-refractivity contribution is 7.90. The molecule has 1 fully saturated rings. The summed E-state index contributed by atoms with van der Waals surface area (Å²) in [5.74, 6) is 0.491. The SMILES string of the molecule is CCC1(COS(C)(=O)=O)CCC(n2c(CO)nc3cnc4c(ccn4S(=O)(=O)c4ccc(C)cc4)c32)CC1. The first-order valence-corrected chi connectivity index (χ1v) is 15.9. The van der Waals surface area contributed by atoms with Crippen LogP contribution in [0.15, 0.2) is 47.6 Å². The summed E-state index contributed by atoms with van der Waals surface area (Å²) < 4.78 is 58.5. The Labute approximate surface area is 222 Å². The van der Waals surface area contributed by atoms with E-state index in [4.69, 9.17) is 4.18 Å².